The second-order valence-electron chi connectivity index (χ2n) is 6.56. The first-order valence-electron chi connectivity index (χ1n) is 9.49. The van der Waals surface area contributed by atoms with Crippen molar-refractivity contribution in [2.24, 2.45) is 0 Å². The van der Waals surface area contributed by atoms with Gasteiger partial charge >= 0.3 is 6.03 Å². The van der Waals surface area contributed by atoms with Gasteiger partial charge < -0.3 is 35.6 Å². The van der Waals surface area contributed by atoms with Crippen LogP contribution in [-0.2, 0) is 6.54 Å². The summed E-state index contributed by atoms with van der Waals surface area (Å²) in [5.41, 5.74) is 1.32. The number of phenolic OH excluding ortho intramolecular Hbond substituents is 2. The molecule has 2 aromatic carbocycles. The van der Waals surface area contributed by atoms with E-state index < -0.39 is 17.5 Å². The molecular formula is C22H22N4O6. The minimum atomic E-state index is -0.504. The molecule has 3 amide bonds. The highest BCUT2D eigenvalue weighted by molar-refractivity contribution is 5.92. The molecule has 0 saturated heterocycles. The van der Waals surface area contributed by atoms with Crippen LogP contribution in [0.1, 0.15) is 16.1 Å². The Labute approximate surface area is 183 Å². The van der Waals surface area contributed by atoms with E-state index in [4.69, 9.17) is 9.47 Å². The number of urea groups is 1. The monoisotopic (exact) mass is 438 g/mol. The van der Waals surface area contributed by atoms with Crippen molar-refractivity contribution in [3.05, 3.63) is 66.0 Å². The SMILES string of the molecule is CNC(=O)c1cc(Oc2ccc(CNC(=O)Nc3cc(O)c(O)c(OC)c3)cc2)ccn1. The van der Waals surface area contributed by atoms with Crippen LogP contribution in [0.3, 0.4) is 0 Å². The van der Waals surface area contributed by atoms with E-state index in [1.54, 1.807) is 30.3 Å². The van der Waals surface area contributed by atoms with Crippen molar-refractivity contribution in [1.82, 2.24) is 15.6 Å². The third-order valence-electron chi connectivity index (χ3n) is 4.34. The van der Waals surface area contributed by atoms with Crippen molar-refractivity contribution < 1.29 is 29.3 Å². The van der Waals surface area contributed by atoms with Crippen LogP contribution in [0.4, 0.5) is 10.5 Å². The van der Waals surface area contributed by atoms with Crippen LogP contribution in [-0.4, -0.2) is 41.3 Å². The molecule has 0 aliphatic carbocycles. The topological polar surface area (TPSA) is 142 Å². The Morgan fingerprint density at radius 1 is 1.03 bits per heavy atom. The largest absolute Gasteiger partial charge is 0.504 e. The highest BCUT2D eigenvalue weighted by Gasteiger charge is 2.12. The smallest absolute Gasteiger partial charge is 0.319 e. The van der Waals surface area contributed by atoms with E-state index in [-0.39, 0.29) is 29.6 Å². The number of aromatic hydroxyl groups is 2. The summed E-state index contributed by atoms with van der Waals surface area (Å²) in [4.78, 5) is 27.8. The number of phenols is 2. The van der Waals surface area contributed by atoms with Gasteiger partial charge in [0.2, 0.25) is 5.75 Å². The summed E-state index contributed by atoms with van der Waals surface area (Å²) in [5, 5.41) is 27.1. The quantitative estimate of drug-likeness (QED) is 0.282. The second-order valence-corrected chi connectivity index (χ2v) is 6.56. The predicted molar refractivity (Wildman–Crippen MR) is 116 cm³/mol. The first kappa shape index (κ1) is 22.2. The standard InChI is InChI=1S/C22H22N4O6/c1-23-21(29)17-11-16(7-8-24-17)32-15-5-3-13(4-6-15)12-25-22(30)26-14-9-18(27)20(28)19(10-14)31-2/h3-11,27-28H,12H2,1-2H3,(H,23,29)(H2,25,26,30). The Hall–Kier alpha value is -4.47. The number of benzene rings is 2. The lowest BCUT2D eigenvalue weighted by Gasteiger charge is -2.11. The maximum Gasteiger partial charge on any atom is 0.319 e. The van der Waals surface area contributed by atoms with E-state index in [2.05, 4.69) is 20.9 Å². The highest BCUT2D eigenvalue weighted by atomic mass is 16.5. The number of anilines is 1. The fourth-order valence-corrected chi connectivity index (χ4v) is 2.72. The van der Waals surface area contributed by atoms with Crippen molar-refractivity contribution in [2.45, 2.75) is 6.54 Å². The number of methoxy groups -OCH3 is 1. The van der Waals surface area contributed by atoms with Crippen molar-refractivity contribution in [1.29, 1.82) is 0 Å². The van der Waals surface area contributed by atoms with Crippen LogP contribution in [0.25, 0.3) is 0 Å². The molecule has 0 aliphatic rings. The maximum absolute atomic E-state index is 12.1. The molecule has 0 radical (unpaired) electrons. The summed E-state index contributed by atoms with van der Waals surface area (Å²) in [6.07, 6.45) is 1.49. The molecule has 0 unspecified atom stereocenters. The summed E-state index contributed by atoms with van der Waals surface area (Å²) in [7, 11) is 2.86. The van der Waals surface area contributed by atoms with Gasteiger partial charge in [-0.15, -0.1) is 0 Å². The van der Waals surface area contributed by atoms with Gasteiger partial charge in [0.05, 0.1) is 12.8 Å². The van der Waals surface area contributed by atoms with Gasteiger partial charge in [-0.05, 0) is 23.8 Å². The van der Waals surface area contributed by atoms with Crippen molar-refractivity contribution >= 4 is 17.6 Å². The van der Waals surface area contributed by atoms with E-state index in [1.807, 2.05) is 0 Å². The number of amides is 3. The Bertz CT molecular complexity index is 1120. The zero-order valence-electron chi connectivity index (χ0n) is 17.4. The van der Waals surface area contributed by atoms with Crippen molar-refractivity contribution in [3.63, 3.8) is 0 Å². The Kier molecular flexibility index (Phi) is 6.96. The normalized spacial score (nSPS) is 10.2. The zero-order valence-corrected chi connectivity index (χ0v) is 17.4. The van der Waals surface area contributed by atoms with Gasteiger partial charge in [-0.3, -0.25) is 9.78 Å². The molecule has 10 heteroatoms. The van der Waals surface area contributed by atoms with E-state index in [0.29, 0.717) is 11.5 Å². The lowest BCUT2D eigenvalue weighted by molar-refractivity contribution is 0.0957. The van der Waals surface area contributed by atoms with Crippen molar-refractivity contribution in [3.8, 4) is 28.7 Å². The number of hydrogen-bond acceptors (Lipinski definition) is 7. The maximum atomic E-state index is 12.1. The minimum absolute atomic E-state index is 0.0348. The number of hydrogen-bond donors (Lipinski definition) is 5. The van der Waals surface area contributed by atoms with Crippen LogP contribution in [0.2, 0.25) is 0 Å². The van der Waals surface area contributed by atoms with Crippen molar-refractivity contribution in [2.75, 3.05) is 19.5 Å². The fourth-order valence-electron chi connectivity index (χ4n) is 2.72. The molecule has 0 atom stereocenters. The molecule has 0 saturated carbocycles. The molecule has 10 nitrogen and oxygen atoms in total. The average Bonchev–Trinajstić information content (AvgIpc) is 2.80. The van der Waals surface area contributed by atoms with Crippen LogP contribution >= 0.6 is 0 Å². The lowest BCUT2D eigenvalue weighted by atomic mass is 10.2. The molecule has 0 spiro atoms. The molecular weight excluding hydrogens is 416 g/mol. The van der Waals surface area contributed by atoms with E-state index >= 15 is 0 Å². The molecule has 5 N–H and O–H groups in total. The first-order chi connectivity index (χ1) is 15.4. The molecule has 1 aromatic heterocycles. The predicted octanol–water partition coefficient (Wildman–Crippen LogP) is 2.98. The zero-order chi connectivity index (χ0) is 23.1. The van der Waals surface area contributed by atoms with Crippen LogP contribution < -0.4 is 25.4 Å². The van der Waals surface area contributed by atoms with Gasteiger partial charge in [-0.25, -0.2) is 4.79 Å². The minimum Gasteiger partial charge on any atom is -0.504 e. The summed E-state index contributed by atoms with van der Waals surface area (Å²) in [6, 6.07) is 12.3. The Morgan fingerprint density at radius 2 is 1.78 bits per heavy atom. The molecule has 166 valence electrons. The van der Waals surface area contributed by atoms with E-state index in [0.717, 1.165) is 5.56 Å². The lowest BCUT2D eigenvalue weighted by Crippen LogP contribution is -2.28. The number of ether oxygens (including phenoxy) is 2. The number of carbonyl (C=O) groups excluding carboxylic acids is 2. The number of nitrogens with zero attached hydrogens (tertiary/aromatic N) is 1. The summed E-state index contributed by atoms with van der Waals surface area (Å²) >= 11 is 0. The molecule has 1 heterocycles. The Morgan fingerprint density at radius 3 is 2.47 bits per heavy atom. The van der Waals surface area contributed by atoms with Gasteiger partial charge in [-0.2, -0.15) is 0 Å². The number of pyridine rings is 1. The second kappa shape index (κ2) is 10.0. The molecule has 0 bridgehead atoms. The highest BCUT2D eigenvalue weighted by Crippen LogP contribution is 2.38. The van der Waals surface area contributed by atoms with E-state index in [9.17, 15) is 19.8 Å². The number of carbonyl (C=O) groups is 2. The molecule has 3 rings (SSSR count). The van der Waals surface area contributed by atoms with Gasteiger partial charge in [0.1, 0.15) is 17.2 Å². The van der Waals surface area contributed by atoms with Gasteiger partial charge in [-0.1, -0.05) is 12.1 Å². The summed E-state index contributed by atoms with van der Waals surface area (Å²) < 4.78 is 10.7. The Balaban J connectivity index is 1.55. The van der Waals surface area contributed by atoms with Crippen LogP contribution in [0.15, 0.2) is 54.7 Å². The number of aromatic nitrogens is 1. The van der Waals surface area contributed by atoms with Crippen LogP contribution in [0.5, 0.6) is 28.7 Å². The third-order valence-corrected chi connectivity index (χ3v) is 4.34. The summed E-state index contributed by atoms with van der Waals surface area (Å²) in [5.74, 6) is -0.0664. The van der Waals surface area contributed by atoms with Gasteiger partial charge in [0.15, 0.2) is 11.5 Å². The molecule has 0 fully saturated rings. The molecule has 0 aliphatic heterocycles. The fraction of sp³-hybridized carbons (Fsp3) is 0.136. The first-order valence-corrected chi connectivity index (χ1v) is 9.49. The molecule has 3 aromatic rings. The van der Waals surface area contributed by atoms with Gasteiger partial charge in [0, 0.05) is 38.0 Å². The average molecular weight is 438 g/mol. The summed E-state index contributed by atoms with van der Waals surface area (Å²) in [6.45, 7) is 0.239. The molecule has 32 heavy (non-hydrogen) atoms. The number of nitrogens with one attached hydrogen (secondary N) is 3. The van der Waals surface area contributed by atoms with Gasteiger partial charge in [0.25, 0.3) is 5.91 Å². The van der Waals surface area contributed by atoms with Crippen LogP contribution in [0, 0.1) is 0 Å². The van der Waals surface area contributed by atoms with E-state index in [1.165, 1.54) is 38.6 Å². The third kappa shape index (κ3) is 5.57. The number of rotatable bonds is 7.